The van der Waals surface area contributed by atoms with Gasteiger partial charge in [0.15, 0.2) is 0 Å². The van der Waals surface area contributed by atoms with Gasteiger partial charge in [-0.15, -0.1) is 5.10 Å². The van der Waals surface area contributed by atoms with E-state index in [1.165, 1.54) is 0 Å². The van der Waals surface area contributed by atoms with E-state index in [0.29, 0.717) is 6.42 Å². The van der Waals surface area contributed by atoms with E-state index in [-0.39, 0.29) is 29.7 Å². The van der Waals surface area contributed by atoms with Crippen LogP contribution in [0, 0.1) is 0 Å². The van der Waals surface area contributed by atoms with Crippen molar-refractivity contribution in [2.45, 2.75) is 23.9 Å². The van der Waals surface area contributed by atoms with Gasteiger partial charge in [0, 0.05) is 6.54 Å². The van der Waals surface area contributed by atoms with Gasteiger partial charge in [-0.3, -0.25) is 10.1 Å². The SMILES string of the molecule is O=C(Cc1ccc(CCNS(=O)(=O)c2ccc(C(F)(F)F)cc2)cc1)Nc1nn[nH]n1. The molecule has 1 amide bonds. The van der Waals surface area contributed by atoms with E-state index < -0.39 is 21.8 Å². The lowest BCUT2D eigenvalue weighted by molar-refractivity contribution is -0.137. The Labute approximate surface area is 175 Å². The van der Waals surface area contributed by atoms with Gasteiger partial charge in [-0.1, -0.05) is 29.4 Å². The number of aromatic nitrogens is 4. The van der Waals surface area contributed by atoms with Crippen molar-refractivity contribution in [1.29, 1.82) is 0 Å². The van der Waals surface area contributed by atoms with Crippen molar-refractivity contribution in [3.8, 4) is 0 Å². The number of benzene rings is 2. The molecule has 0 radical (unpaired) electrons. The molecule has 0 aliphatic heterocycles. The van der Waals surface area contributed by atoms with Crippen LogP contribution in [0.1, 0.15) is 16.7 Å². The van der Waals surface area contributed by atoms with Crippen molar-refractivity contribution >= 4 is 21.9 Å². The molecule has 0 bridgehead atoms. The number of hydrogen-bond acceptors (Lipinski definition) is 6. The molecule has 0 fully saturated rings. The number of nitrogens with one attached hydrogen (secondary N) is 3. The smallest absolute Gasteiger partial charge is 0.292 e. The number of sulfonamides is 1. The molecule has 0 saturated heterocycles. The number of rotatable bonds is 8. The zero-order chi connectivity index (χ0) is 22.5. The highest BCUT2D eigenvalue weighted by Gasteiger charge is 2.30. The minimum atomic E-state index is -4.53. The normalized spacial score (nSPS) is 12.0. The topological polar surface area (TPSA) is 130 Å². The largest absolute Gasteiger partial charge is 0.416 e. The van der Waals surface area contributed by atoms with E-state index in [1.54, 1.807) is 24.3 Å². The van der Waals surface area contributed by atoms with E-state index in [9.17, 15) is 26.4 Å². The molecule has 0 saturated carbocycles. The second kappa shape index (κ2) is 9.22. The molecule has 0 spiro atoms. The molecule has 2 aromatic carbocycles. The van der Waals surface area contributed by atoms with E-state index >= 15 is 0 Å². The first-order valence-corrected chi connectivity index (χ1v) is 10.4. The summed E-state index contributed by atoms with van der Waals surface area (Å²) in [5.41, 5.74) is 0.630. The summed E-state index contributed by atoms with van der Waals surface area (Å²) in [6.07, 6.45) is -4.08. The second-order valence-electron chi connectivity index (χ2n) is 6.45. The van der Waals surface area contributed by atoms with Crippen LogP contribution in [0.5, 0.6) is 0 Å². The van der Waals surface area contributed by atoms with E-state index in [0.717, 1.165) is 35.4 Å². The Bertz CT molecular complexity index is 1120. The lowest BCUT2D eigenvalue weighted by Gasteiger charge is -2.10. The number of carbonyl (C=O) groups is 1. The van der Waals surface area contributed by atoms with Crippen LogP contribution in [0.15, 0.2) is 53.4 Å². The predicted octanol–water partition coefficient (Wildman–Crippen LogP) is 1.92. The summed E-state index contributed by atoms with van der Waals surface area (Å²) >= 11 is 0. The highest BCUT2D eigenvalue weighted by molar-refractivity contribution is 7.89. The Balaban J connectivity index is 1.50. The monoisotopic (exact) mass is 454 g/mol. The molecule has 0 aliphatic carbocycles. The third kappa shape index (κ3) is 6.33. The lowest BCUT2D eigenvalue weighted by atomic mass is 10.1. The summed E-state index contributed by atoms with van der Waals surface area (Å²) in [6.45, 7) is 0.0566. The number of H-pyrrole nitrogens is 1. The molecule has 1 aromatic heterocycles. The van der Waals surface area contributed by atoms with Crippen molar-refractivity contribution in [3.05, 3.63) is 65.2 Å². The highest BCUT2D eigenvalue weighted by Crippen LogP contribution is 2.29. The van der Waals surface area contributed by atoms with Crippen LogP contribution in [0.4, 0.5) is 19.1 Å². The maximum Gasteiger partial charge on any atom is 0.416 e. The maximum atomic E-state index is 12.6. The molecule has 0 aliphatic rings. The van der Waals surface area contributed by atoms with Crippen molar-refractivity contribution in [2.75, 3.05) is 11.9 Å². The van der Waals surface area contributed by atoms with Crippen LogP contribution in [-0.2, 0) is 33.8 Å². The molecule has 9 nitrogen and oxygen atoms in total. The summed E-state index contributed by atoms with van der Waals surface area (Å²) in [5.74, 6) is -0.250. The molecule has 3 N–H and O–H groups in total. The van der Waals surface area contributed by atoms with E-state index in [2.05, 4.69) is 30.7 Å². The van der Waals surface area contributed by atoms with E-state index in [1.807, 2.05) is 0 Å². The molecule has 31 heavy (non-hydrogen) atoms. The zero-order valence-corrected chi connectivity index (χ0v) is 16.7. The van der Waals surface area contributed by atoms with Crippen LogP contribution in [0.2, 0.25) is 0 Å². The summed E-state index contributed by atoms with van der Waals surface area (Å²) in [6, 6.07) is 10.3. The Morgan fingerprint density at radius 3 is 2.23 bits per heavy atom. The molecule has 3 aromatic rings. The third-order valence-electron chi connectivity index (χ3n) is 4.18. The Hall–Kier alpha value is -3.32. The fourth-order valence-electron chi connectivity index (χ4n) is 2.63. The average Bonchev–Trinajstić information content (AvgIpc) is 3.21. The summed E-state index contributed by atoms with van der Waals surface area (Å²) in [5, 5.41) is 15.2. The van der Waals surface area contributed by atoms with Gasteiger partial charge in [0.2, 0.25) is 15.9 Å². The van der Waals surface area contributed by atoms with Gasteiger partial charge in [-0.05, 0) is 47.0 Å². The van der Waals surface area contributed by atoms with E-state index in [4.69, 9.17) is 0 Å². The number of alkyl halides is 3. The maximum absolute atomic E-state index is 12.6. The van der Waals surface area contributed by atoms with Crippen LogP contribution >= 0.6 is 0 Å². The number of halogens is 3. The Morgan fingerprint density at radius 1 is 1.00 bits per heavy atom. The molecule has 13 heteroatoms. The van der Waals surface area contributed by atoms with Gasteiger partial charge < -0.3 is 0 Å². The first-order chi connectivity index (χ1) is 14.6. The van der Waals surface area contributed by atoms with Crippen molar-refractivity contribution < 1.29 is 26.4 Å². The molecule has 1 heterocycles. The highest BCUT2D eigenvalue weighted by atomic mass is 32.2. The summed E-state index contributed by atoms with van der Waals surface area (Å²) in [4.78, 5) is 11.6. The molecule has 0 atom stereocenters. The average molecular weight is 454 g/mol. The number of hydrogen-bond donors (Lipinski definition) is 3. The number of amides is 1. The van der Waals surface area contributed by atoms with Crippen LogP contribution in [-0.4, -0.2) is 41.5 Å². The minimum absolute atomic E-state index is 0.0566. The minimum Gasteiger partial charge on any atom is -0.292 e. The van der Waals surface area contributed by atoms with Gasteiger partial charge in [0.25, 0.3) is 5.95 Å². The van der Waals surface area contributed by atoms with Crippen molar-refractivity contribution in [1.82, 2.24) is 25.3 Å². The van der Waals surface area contributed by atoms with Crippen LogP contribution in [0.25, 0.3) is 0 Å². The second-order valence-corrected chi connectivity index (χ2v) is 8.21. The van der Waals surface area contributed by atoms with Gasteiger partial charge in [-0.2, -0.15) is 18.4 Å². The van der Waals surface area contributed by atoms with Gasteiger partial charge in [0.05, 0.1) is 16.9 Å². The predicted molar refractivity (Wildman–Crippen MR) is 103 cm³/mol. The van der Waals surface area contributed by atoms with Gasteiger partial charge in [0.1, 0.15) is 0 Å². The molecule has 164 valence electrons. The molecule has 0 unspecified atom stereocenters. The quantitative estimate of drug-likeness (QED) is 0.477. The molecular weight excluding hydrogens is 437 g/mol. The van der Waals surface area contributed by atoms with Crippen LogP contribution < -0.4 is 10.0 Å². The number of tetrazole rings is 1. The lowest BCUT2D eigenvalue weighted by Crippen LogP contribution is -2.26. The molecule has 3 rings (SSSR count). The number of nitrogens with zero attached hydrogens (tertiary/aromatic N) is 3. The summed E-state index contributed by atoms with van der Waals surface area (Å²) < 4.78 is 64.6. The fraction of sp³-hybridized carbons (Fsp3) is 0.222. The standard InChI is InChI=1S/C18H17F3N6O3S/c19-18(20,21)14-5-7-15(8-6-14)31(29,30)22-10-9-12-1-3-13(4-2-12)11-16(28)23-17-24-26-27-25-17/h1-8,22H,9-11H2,(H2,23,24,25,26,27,28). The number of anilines is 1. The van der Waals surface area contributed by atoms with Crippen molar-refractivity contribution in [3.63, 3.8) is 0 Å². The number of carbonyl (C=O) groups excluding carboxylic acids is 1. The summed E-state index contributed by atoms with van der Waals surface area (Å²) in [7, 11) is -3.93. The Kier molecular flexibility index (Phi) is 6.65. The first kappa shape index (κ1) is 22.4. The van der Waals surface area contributed by atoms with Gasteiger partial charge in [-0.25, -0.2) is 13.1 Å². The third-order valence-corrected chi connectivity index (χ3v) is 5.66. The zero-order valence-electron chi connectivity index (χ0n) is 15.8. The Morgan fingerprint density at radius 2 is 1.65 bits per heavy atom. The number of aromatic amines is 1. The van der Waals surface area contributed by atoms with Crippen molar-refractivity contribution in [2.24, 2.45) is 0 Å². The van der Waals surface area contributed by atoms with Gasteiger partial charge >= 0.3 is 6.18 Å². The van der Waals surface area contributed by atoms with Crippen LogP contribution in [0.3, 0.4) is 0 Å². The fourth-order valence-corrected chi connectivity index (χ4v) is 3.66. The first-order valence-electron chi connectivity index (χ1n) is 8.91. The molecular formula is C18H17F3N6O3S.